The molecule has 1 aromatic heterocycles. The number of unbranched alkanes of at least 4 members (excludes halogenated alkanes) is 1. The number of benzene rings is 2. The normalized spacial score (nSPS) is 10.3. The SMILES string of the molecule is CCCC#CCCOc1cccc(N(C)C(=O)c2ccc3ncccc3c2)c1F. The van der Waals surface area contributed by atoms with Crippen molar-refractivity contribution in [3.05, 3.63) is 66.1 Å². The Morgan fingerprint density at radius 2 is 1.97 bits per heavy atom. The molecule has 0 aliphatic carbocycles. The van der Waals surface area contributed by atoms with Crippen LogP contribution in [0.3, 0.4) is 0 Å². The largest absolute Gasteiger partial charge is 0.489 e. The molecule has 0 unspecified atom stereocenters. The Kier molecular flexibility index (Phi) is 6.80. The van der Waals surface area contributed by atoms with Gasteiger partial charge in [0.2, 0.25) is 0 Å². The number of hydrogen-bond acceptors (Lipinski definition) is 3. The monoisotopic (exact) mass is 390 g/mol. The molecule has 5 heteroatoms. The lowest BCUT2D eigenvalue weighted by Gasteiger charge is -2.19. The van der Waals surface area contributed by atoms with Crippen LogP contribution >= 0.6 is 0 Å². The minimum atomic E-state index is -0.563. The number of hydrogen-bond donors (Lipinski definition) is 0. The lowest BCUT2D eigenvalue weighted by atomic mass is 10.1. The standard InChI is InChI=1S/C24H23FN2O2/c1-3-4-5-6-7-16-29-22-12-8-11-21(23(22)25)27(2)24(28)19-13-14-20-18(17-19)10-9-15-26-20/h8-15,17H,3-4,7,16H2,1-2H3. The number of pyridine rings is 1. The van der Waals surface area contributed by atoms with Crippen LogP contribution in [0.5, 0.6) is 5.75 Å². The summed E-state index contributed by atoms with van der Waals surface area (Å²) in [6.07, 6.45) is 4.09. The van der Waals surface area contributed by atoms with Gasteiger partial charge in [-0.05, 0) is 42.8 Å². The fourth-order valence-corrected chi connectivity index (χ4v) is 2.90. The highest BCUT2D eigenvalue weighted by molar-refractivity contribution is 6.07. The summed E-state index contributed by atoms with van der Waals surface area (Å²) in [4.78, 5) is 18.4. The number of ether oxygens (including phenoxy) is 1. The second-order valence-electron chi connectivity index (χ2n) is 6.57. The Balaban J connectivity index is 1.75. The van der Waals surface area contributed by atoms with Gasteiger partial charge in [0, 0.05) is 37.0 Å². The van der Waals surface area contributed by atoms with Crippen LogP contribution in [-0.4, -0.2) is 24.5 Å². The lowest BCUT2D eigenvalue weighted by Crippen LogP contribution is -2.27. The summed E-state index contributed by atoms with van der Waals surface area (Å²) in [5.74, 6) is 5.27. The molecule has 1 amide bonds. The van der Waals surface area contributed by atoms with Crippen LogP contribution in [0.4, 0.5) is 10.1 Å². The van der Waals surface area contributed by atoms with Crippen molar-refractivity contribution < 1.29 is 13.9 Å². The molecule has 0 atom stereocenters. The number of halogens is 1. The van der Waals surface area contributed by atoms with Gasteiger partial charge >= 0.3 is 0 Å². The molecule has 148 valence electrons. The molecule has 4 nitrogen and oxygen atoms in total. The first-order valence-electron chi connectivity index (χ1n) is 9.61. The predicted octanol–water partition coefficient (Wildman–Crippen LogP) is 5.22. The third-order valence-electron chi connectivity index (χ3n) is 4.44. The Labute approximate surface area is 170 Å². The smallest absolute Gasteiger partial charge is 0.258 e. The van der Waals surface area contributed by atoms with E-state index in [-0.39, 0.29) is 17.3 Å². The van der Waals surface area contributed by atoms with Crippen LogP contribution in [0.1, 0.15) is 36.5 Å². The lowest BCUT2D eigenvalue weighted by molar-refractivity contribution is 0.0992. The maximum absolute atomic E-state index is 14.9. The first kappa shape index (κ1) is 20.3. The van der Waals surface area contributed by atoms with Crippen LogP contribution in [0.2, 0.25) is 0 Å². The Hall–Kier alpha value is -3.39. The van der Waals surface area contributed by atoms with Gasteiger partial charge in [0.1, 0.15) is 0 Å². The quantitative estimate of drug-likeness (QED) is 0.428. The molecule has 29 heavy (non-hydrogen) atoms. The molecular formula is C24H23FN2O2. The molecule has 0 saturated carbocycles. The molecule has 2 aromatic carbocycles. The minimum absolute atomic E-state index is 0.113. The number of aromatic nitrogens is 1. The summed E-state index contributed by atoms with van der Waals surface area (Å²) >= 11 is 0. The summed E-state index contributed by atoms with van der Waals surface area (Å²) in [6, 6.07) is 13.7. The Morgan fingerprint density at radius 3 is 2.79 bits per heavy atom. The van der Waals surface area contributed by atoms with E-state index in [9.17, 15) is 9.18 Å². The second-order valence-corrected chi connectivity index (χ2v) is 6.57. The summed E-state index contributed by atoms with van der Waals surface area (Å²) in [7, 11) is 1.55. The van der Waals surface area contributed by atoms with Crippen LogP contribution in [0.15, 0.2) is 54.7 Å². The average Bonchev–Trinajstić information content (AvgIpc) is 2.76. The van der Waals surface area contributed by atoms with Crippen molar-refractivity contribution in [1.82, 2.24) is 4.98 Å². The van der Waals surface area contributed by atoms with E-state index in [2.05, 4.69) is 23.7 Å². The molecular weight excluding hydrogens is 367 g/mol. The molecule has 0 fully saturated rings. The molecule has 0 bridgehead atoms. The van der Waals surface area contributed by atoms with Gasteiger partial charge in [-0.3, -0.25) is 9.78 Å². The van der Waals surface area contributed by atoms with E-state index in [4.69, 9.17) is 4.74 Å². The maximum Gasteiger partial charge on any atom is 0.258 e. The summed E-state index contributed by atoms with van der Waals surface area (Å²) in [5, 5.41) is 0.855. The van der Waals surface area contributed by atoms with Gasteiger partial charge < -0.3 is 9.64 Å². The van der Waals surface area contributed by atoms with Gasteiger partial charge in [-0.15, -0.1) is 5.92 Å². The summed E-state index contributed by atoms with van der Waals surface area (Å²) < 4.78 is 20.4. The van der Waals surface area contributed by atoms with E-state index in [0.29, 0.717) is 18.6 Å². The van der Waals surface area contributed by atoms with Crippen LogP contribution in [-0.2, 0) is 0 Å². The van der Waals surface area contributed by atoms with Crippen molar-refractivity contribution in [2.24, 2.45) is 0 Å². The van der Waals surface area contributed by atoms with Gasteiger partial charge in [-0.2, -0.15) is 0 Å². The number of carbonyl (C=O) groups excluding carboxylic acids is 1. The third kappa shape index (κ3) is 4.91. The molecule has 3 rings (SSSR count). The molecule has 0 N–H and O–H groups in total. The topological polar surface area (TPSA) is 42.4 Å². The molecule has 0 aliphatic heterocycles. The van der Waals surface area contributed by atoms with Crippen molar-refractivity contribution in [1.29, 1.82) is 0 Å². The van der Waals surface area contributed by atoms with Gasteiger partial charge in [-0.25, -0.2) is 4.39 Å². The van der Waals surface area contributed by atoms with Crippen molar-refractivity contribution in [2.45, 2.75) is 26.2 Å². The Bertz CT molecular complexity index is 1070. The van der Waals surface area contributed by atoms with Gasteiger partial charge in [0.25, 0.3) is 5.91 Å². The second kappa shape index (κ2) is 9.70. The van der Waals surface area contributed by atoms with Crippen molar-refractivity contribution in [3.8, 4) is 17.6 Å². The van der Waals surface area contributed by atoms with Crippen LogP contribution in [0.25, 0.3) is 10.9 Å². The van der Waals surface area contributed by atoms with E-state index in [1.807, 2.05) is 12.1 Å². The van der Waals surface area contributed by atoms with Gasteiger partial charge in [0.15, 0.2) is 11.6 Å². The molecule has 3 aromatic rings. The molecule has 0 saturated heterocycles. The van der Waals surface area contributed by atoms with Gasteiger partial charge in [-0.1, -0.05) is 25.0 Å². The van der Waals surface area contributed by atoms with Crippen molar-refractivity contribution in [3.63, 3.8) is 0 Å². The number of amides is 1. The fourth-order valence-electron chi connectivity index (χ4n) is 2.90. The number of carbonyl (C=O) groups is 1. The van der Waals surface area contributed by atoms with Crippen LogP contribution in [0, 0.1) is 17.7 Å². The van der Waals surface area contributed by atoms with E-state index < -0.39 is 5.82 Å². The molecule has 1 heterocycles. The number of rotatable bonds is 6. The highest BCUT2D eigenvalue weighted by Gasteiger charge is 2.19. The molecule has 0 radical (unpaired) electrons. The fraction of sp³-hybridized carbons (Fsp3) is 0.250. The number of fused-ring (bicyclic) bond motifs is 1. The van der Waals surface area contributed by atoms with E-state index in [1.54, 1.807) is 49.6 Å². The first-order valence-corrected chi connectivity index (χ1v) is 9.61. The summed E-state index contributed by atoms with van der Waals surface area (Å²) in [5.41, 5.74) is 1.43. The number of anilines is 1. The zero-order valence-corrected chi connectivity index (χ0v) is 16.6. The van der Waals surface area contributed by atoms with E-state index >= 15 is 0 Å². The van der Waals surface area contributed by atoms with E-state index in [1.165, 1.54) is 4.90 Å². The third-order valence-corrected chi connectivity index (χ3v) is 4.44. The highest BCUT2D eigenvalue weighted by Crippen LogP contribution is 2.28. The highest BCUT2D eigenvalue weighted by atomic mass is 19.1. The molecule has 0 aliphatic rings. The van der Waals surface area contributed by atoms with Gasteiger partial charge in [0.05, 0.1) is 17.8 Å². The van der Waals surface area contributed by atoms with Crippen LogP contribution < -0.4 is 9.64 Å². The summed E-state index contributed by atoms with van der Waals surface area (Å²) in [6.45, 7) is 2.37. The van der Waals surface area contributed by atoms with E-state index in [0.717, 1.165) is 23.7 Å². The minimum Gasteiger partial charge on any atom is -0.489 e. The zero-order valence-electron chi connectivity index (χ0n) is 16.6. The average molecular weight is 390 g/mol. The molecule has 0 spiro atoms. The Morgan fingerprint density at radius 1 is 1.14 bits per heavy atom. The number of nitrogens with zero attached hydrogens (tertiary/aromatic N) is 2. The first-order chi connectivity index (χ1) is 14.1. The predicted molar refractivity (Wildman–Crippen MR) is 114 cm³/mol. The van der Waals surface area contributed by atoms with Crippen molar-refractivity contribution >= 4 is 22.5 Å². The zero-order chi connectivity index (χ0) is 20.6. The van der Waals surface area contributed by atoms with Crippen molar-refractivity contribution in [2.75, 3.05) is 18.6 Å². The maximum atomic E-state index is 14.9.